The molecule has 0 aromatic heterocycles. The summed E-state index contributed by atoms with van der Waals surface area (Å²) in [7, 11) is 1.48. The predicted molar refractivity (Wildman–Crippen MR) is 84.6 cm³/mol. The lowest BCUT2D eigenvalue weighted by Crippen LogP contribution is -2.31. The summed E-state index contributed by atoms with van der Waals surface area (Å²) in [5.41, 5.74) is -0.808. The van der Waals surface area contributed by atoms with Crippen molar-refractivity contribution in [2.24, 2.45) is 0 Å². The Balaban J connectivity index is 1.73. The van der Waals surface area contributed by atoms with Gasteiger partial charge in [0.15, 0.2) is 0 Å². The number of hydrogen-bond acceptors (Lipinski definition) is 4. The molecule has 1 saturated heterocycles. The van der Waals surface area contributed by atoms with Gasteiger partial charge in [-0.2, -0.15) is 13.2 Å². The largest absolute Gasteiger partial charge is 0.496 e. The van der Waals surface area contributed by atoms with Crippen LogP contribution in [0.15, 0.2) is 18.2 Å². The SMILES string of the molecule is COc1ccc(C2(C(F)(F)F)CC2)cc1CNC1CNC(C(=O)O)C1. The summed E-state index contributed by atoms with van der Waals surface area (Å²) >= 11 is 0. The van der Waals surface area contributed by atoms with Crippen LogP contribution in [0.4, 0.5) is 13.2 Å². The molecule has 2 atom stereocenters. The molecule has 5 nitrogen and oxygen atoms in total. The summed E-state index contributed by atoms with van der Waals surface area (Å²) in [6, 6.07) is 3.98. The first-order valence-electron chi connectivity index (χ1n) is 8.20. The summed E-state index contributed by atoms with van der Waals surface area (Å²) in [4.78, 5) is 11.0. The molecule has 1 aromatic rings. The number of carboxylic acid groups (broad SMARTS) is 1. The van der Waals surface area contributed by atoms with Crippen LogP contribution in [0.2, 0.25) is 0 Å². The number of aliphatic carboxylic acids is 1. The number of carbonyl (C=O) groups is 1. The van der Waals surface area contributed by atoms with Gasteiger partial charge in [0, 0.05) is 24.7 Å². The van der Waals surface area contributed by atoms with E-state index >= 15 is 0 Å². The standard InChI is InChI=1S/C17H21F3N2O3/c1-25-14-3-2-11(16(4-5-16)17(18,19)20)6-10(14)8-21-12-7-13(15(23)24)22-9-12/h2-3,6,12-13,21-22H,4-5,7-9H2,1H3,(H,23,24). The number of nitrogens with one attached hydrogen (secondary N) is 2. The average Bonchev–Trinajstić information content (AvgIpc) is 3.25. The van der Waals surface area contributed by atoms with Crippen LogP contribution >= 0.6 is 0 Å². The van der Waals surface area contributed by atoms with Crippen LogP contribution in [-0.2, 0) is 16.8 Å². The second-order valence-corrected chi connectivity index (χ2v) is 6.72. The highest BCUT2D eigenvalue weighted by atomic mass is 19.4. The van der Waals surface area contributed by atoms with Gasteiger partial charge in [-0.25, -0.2) is 0 Å². The number of rotatable bonds is 6. The average molecular weight is 358 g/mol. The molecule has 8 heteroatoms. The molecule has 2 fully saturated rings. The monoisotopic (exact) mass is 358 g/mol. The molecule has 1 saturated carbocycles. The maximum atomic E-state index is 13.3. The number of benzene rings is 1. The molecule has 0 bridgehead atoms. The van der Waals surface area contributed by atoms with Crippen LogP contribution in [0.3, 0.4) is 0 Å². The molecule has 1 aliphatic carbocycles. The van der Waals surface area contributed by atoms with Gasteiger partial charge in [0.05, 0.1) is 12.5 Å². The van der Waals surface area contributed by atoms with E-state index in [2.05, 4.69) is 10.6 Å². The lowest BCUT2D eigenvalue weighted by molar-refractivity contribution is -0.160. The third-order valence-electron chi connectivity index (χ3n) is 5.14. The fourth-order valence-corrected chi connectivity index (χ4v) is 3.41. The van der Waals surface area contributed by atoms with Crippen LogP contribution in [0.25, 0.3) is 0 Å². The molecule has 0 amide bonds. The number of ether oxygens (including phenoxy) is 1. The Morgan fingerprint density at radius 2 is 2.16 bits per heavy atom. The third-order valence-corrected chi connectivity index (χ3v) is 5.14. The number of alkyl halides is 3. The van der Waals surface area contributed by atoms with Crippen LogP contribution in [0.5, 0.6) is 5.75 Å². The van der Waals surface area contributed by atoms with E-state index in [1.165, 1.54) is 13.2 Å². The Labute approximate surface area is 143 Å². The maximum absolute atomic E-state index is 13.3. The van der Waals surface area contributed by atoms with Gasteiger partial charge in [-0.3, -0.25) is 4.79 Å². The van der Waals surface area contributed by atoms with E-state index in [1.807, 2.05) is 0 Å². The van der Waals surface area contributed by atoms with Crippen molar-refractivity contribution in [3.05, 3.63) is 29.3 Å². The minimum absolute atomic E-state index is 0.0491. The fraction of sp³-hybridized carbons (Fsp3) is 0.588. The van der Waals surface area contributed by atoms with Gasteiger partial charge in [0.1, 0.15) is 11.8 Å². The fourth-order valence-electron chi connectivity index (χ4n) is 3.41. The van der Waals surface area contributed by atoms with Crippen molar-refractivity contribution in [3.8, 4) is 5.75 Å². The van der Waals surface area contributed by atoms with Crippen LogP contribution in [0.1, 0.15) is 30.4 Å². The highest BCUT2D eigenvalue weighted by Gasteiger charge is 2.64. The highest BCUT2D eigenvalue weighted by Crippen LogP contribution is 2.59. The summed E-state index contributed by atoms with van der Waals surface area (Å²) in [5, 5.41) is 15.1. The smallest absolute Gasteiger partial charge is 0.398 e. The van der Waals surface area contributed by atoms with E-state index in [9.17, 15) is 18.0 Å². The van der Waals surface area contributed by atoms with Gasteiger partial charge < -0.3 is 20.5 Å². The van der Waals surface area contributed by atoms with Crippen LogP contribution in [-0.4, -0.2) is 43.0 Å². The topological polar surface area (TPSA) is 70.6 Å². The zero-order chi connectivity index (χ0) is 18.2. The van der Waals surface area contributed by atoms with Gasteiger partial charge >= 0.3 is 12.1 Å². The van der Waals surface area contributed by atoms with Crippen molar-refractivity contribution in [2.45, 2.75) is 49.5 Å². The molecule has 1 aromatic carbocycles. The van der Waals surface area contributed by atoms with Crippen molar-refractivity contribution in [1.29, 1.82) is 0 Å². The van der Waals surface area contributed by atoms with E-state index in [-0.39, 0.29) is 24.4 Å². The minimum atomic E-state index is -4.25. The Morgan fingerprint density at radius 3 is 2.68 bits per heavy atom. The second-order valence-electron chi connectivity index (χ2n) is 6.72. The van der Waals surface area contributed by atoms with Crippen molar-refractivity contribution >= 4 is 5.97 Å². The zero-order valence-electron chi connectivity index (χ0n) is 13.8. The first kappa shape index (κ1) is 18.0. The molecule has 3 N–H and O–H groups in total. The number of hydrogen-bond donors (Lipinski definition) is 3. The van der Waals surface area contributed by atoms with Gasteiger partial charge in [-0.05, 0) is 37.0 Å². The third kappa shape index (κ3) is 3.46. The zero-order valence-corrected chi connectivity index (χ0v) is 13.8. The van der Waals surface area contributed by atoms with E-state index in [0.29, 0.717) is 30.8 Å². The molecule has 2 aliphatic rings. The highest BCUT2D eigenvalue weighted by molar-refractivity contribution is 5.74. The first-order valence-corrected chi connectivity index (χ1v) is 8.20. The second kappa shape index (κ2) is 6.49. The molecule has 0 radical (unpaired) electrons. The quantitative estimate of drug-likeness (QED) is 0.727. The van der Waals surface area contributed by atoms with Gasteiger partial charge in [0.2, 0.25) is 0 Å². The number of carboxylic acids is 1. The lowest BCUT2D eigenvalue weighted by atomic mass is 9.93. The first-order chi connectivity index (χ1) is 11.8. The maximum Gasteiger partial charge on any atom is 0.398 e. The van der Waals surface area contributed by atoms with Crippen molar-refractivity contribution in [1.82, 2.24) is 10.6 Å². The predicted octanol–water partition coefficient (Wildman–Crippen LogP) is 2.19. The molecule has 3 rings (SSSR count). The van der Waals surface area contributed by atoms with Gasteiger partial charge in [0.25, 0.3) is 0 Å². The van der Waals surface area contributed by atoms with E-state index in [0.717, 1.165) is 0 Å². The lowest BCUT2D eigenvalue weighted by Gasteiger charge is -2.22. The molecule has 1 heterocycles. The molecular formula is C17H21F3N2O3. The minimum Gasteiger partial charge on any atom is -0.496 e. The Bertz CT molecular complexity index is 659. The number of methoxy groups -OCH3 is 1. The summed E-state index contributed by atoms with van der Waals surface area (Å²) in [6.07, 6.45) is -3.59. The molecule has 25 heavy (non-hydrogen) atoms. The summed E-state index contributed by atoms with van der Waals surface area (Å²) in [6.45, 7) is 0.828. The van der Waals surface area contributed by atoms with Crippen LogP contribution in [0, 0.1) is 0 Å². The van der Waals surface area contributed by atoms with E-state index < -0.39 is 23.6 Å². The Kier molecular flexibility index (Phi) is 4.68. The number of halogens is 3. The summed E-state index contributed by atoms with van der Waals surface area (Å²) < 4.78 is 45.3. The molecule has 2 unspecified atom stereocenters. The Hall–Kier alpha value is -1.80. The van der Waals surface area contributed by atoms with Crippen molar-refractivity contribution in [2.75, 3.05) is 13.7 Å². The normalized spacial score (nSPS) is 25.0. The molecule has 0 spiro atoms. The van der Waals surface area contributed by atoms with E-state index in [1.54, 1.807) is 12.1 Å². The molecular weight excluding hydrogens is 337 g/mol. The van der Waals surface area contributed by atoms with Crippen molar-refractivity contribution < 1.29 is 27.8 Å². The van der Waals surface area contributed by atoms with Gasteiger partial charge in [-0.1, -0.05) is 6.07 Å². The summed E-state index contributed by atoms with van der Waals surface area (Å²) in [5.74, 6) is -0.375. The van der Waals surface area contributed by atoms with Crippen LogP contribution < -0.4 is 15.4 Å². The van der Waals surface area contributed by atoms with Gasteiger partial charge in [-0.15, -0.1) is 0 Å². The molecule has 138 valence electrons. The van der Waals surface area contributed by atoms with E-state index in [4.69, 9.17) is 9.84 Å². The van der Waals surface area contributed by atoms with Crippen molar-refractivity contribution in [3.63, 3.8) is 0 Å². The Morgan fingerprint density at radius 1 is 1.44 bits per heavy atom. The molecule has 1 aliphatic heterocycles.